The van der Waals surface area contributed by atoms with E-state index in [-0.39, 0.29) is 33.5 Å². The molecule has 1 atom stereocenters. The lowest BCUT2D eigenvalue weighted by molar-refractivity contribution is -0.385. The first kappa shape index (κ1) is 22.4. The van der Waals surface area contributed by atoms with Gasteiger partial charge in [0, 0.05) is 23.2 Å². The number of likely N-dealkylation sites (tertiary alicyclic amines) is 1. The van der Waals surface area contributed by atoms with Crippen LogP contribution in [0.15, 0.2) is 41.3 Å². The summed E-state index contributed by atoms with van der Waals surface area (Å²) in [6.07, 6.45) is 1.84. The molecule has 1 fully saturated rings. The second kappa shape index (κ2) is 9.25. The van der Waals surface area contributed by atoms with Gasteiger partial charge in [-0.1, -0.05) is 17.7 Å². The van der Waals surface area contributed by atoms with Crippen LogP contribution in [-0.4, -0.2) is 45.0 Å². The van der Waals surface area contributed by atoms with E-state index < -0.39 is 26.8 Å². The molecule has 0 bridgehead atoms. The van der Waals surface area contributed by atoms with E-state index in [0.717, 1.165) is 31.0 Å². The standard InChI is InChI=1S/C19H21ClFN3O5S/c1-29-17-11-13(24(25)26)7-8-18(17)30(27,28)22-12-16(23-9-2-3-10-23)19-14(20)5-4-6-15(19)21/h4-8,11,16,22H,2-3,9-10,12H2,1H3. The number of nitro groups is 1. The number of nitrogens with zero attached hydrogens (tertiary/aromatic N) is 2. The number of nitro benzene ring substituents is 1. The fraction of sp³-hybridized carbons (Fsp3) is 0.368. The van der Waals surface area contributed by atoms with Gasteiger partial charge in [-0.15, -0.1) is 0 Å². The maximum Gasteiger partial charge on any atom is 0.273 e. The topological polar surface area (TPSA) is 102 Å². The van der Waals surface area contributed by atoms with E-state index in [0.29, 0.717) is 13.1 Å². The lowest BCUT2D eigenvalue weighted by Gasteiger charge is -2.29. The van der Waals surface area contributed by atoms with Crippen molar-refractivity contribution in [2.75, 3.05) is 26.7 Å². The third-order valence-electron chi connectivity index (χ3n) is 5.03. The lowest BCUT2D eigenvalue weighted by Crippen LogP contribution is -2.37. The molecule has 1 aliphatic heterocycles. The van der Waals surface area contributed by atoms with Gasteiger partial charge in [-0.25, -0.2) is 17.5 Å². The third kappa shape index (κ3) is 4.72. The van der Waals surface area contributed by atoms with Crippen molar-refractivity contribution in [3.63, 3.8) is 0 Å². The maximum atomic E-state index is 14.6. The molecule has 11 heteroatoms. The first-order valence-electron chi connectivity index (χ1n) is 9.24. The number of ether oxygens (including phenoxy) is 1. The summed E-state index contributed by atoms with van der Waals surface area (Å²) >= 11 is 6.24. The van der Waals surface area contributed by atoms with E-state index in [1.807, 2.05) is 4.90 Å². The zero-order chi connectivity index (χ0) is 21.9. The SMILES string of the molecule is COc1cc([N+](=O)[O-])ccc1S(=O)(=O)NCC(c1c(F)cccc1Cl)N1CCCC1. The first-order valence-corrected chi connectivity index (χ1v) is 11.1. The highest BCUT2D eigenvalue weighted by Gasteiger charge is 2.30. The molecule has 1 N–H and O–H groups in total. The van der Waals surface area contributed by atoms with Crippen molar-refractivity contribution in [3.8, 4) is 5.75 Å². The zero-order valence-corrected chi connectivity index (χ0v) is 17.7. The van der Waals surface area contributed by atoms with Crippen molar-refractivity contribution in [1.29, 1.82) is 0 Å². The molecule has 0 aliphatic carbocycles. The molecule has 1 aliphatic rings. The molecular weight excluding hydrogens is 437 g/mol. The highest BCUT2D eigenvalue weighted by molar-refractivity contribution is 7.89. The van der Waals surface area contributed by atoms with Gasteiger partial charge < -0.3 is 4.74 Å². The average Bonchev–Trinajstić information content (AvgIpc) is 3.24. The van der Waals surface area contributed by atoms with E-state index in [4.69, 9.17) is 16.3 Å². The third-order valence-corrected chi connectivity index (χ3v) is 6.82. The minimum Gasteiger partial charge on any atom is -0.495 e. The van der Waals surface area contributed by atoms with Crippen LogP contribution in [0.2, 0.25) is 5.02 Å². The molecule has 0 radical (unpaired) electrons. The number of rotatable bonds is 8. The summed E-state index contributed by atoms with van der Waals surface area (Å²) in [4.78, 5) is 12.0. The van der Waals surface area contributed by atoms with Crippen LogP contribution < -0.4 is 9.46 Å². The highest BCUT2D eigenvalue weighted by Crippen LogP contribution is 2.33. The number of hydrogen-bond donors (Lipinski definition) is 1. The van der Waals surface area contributed by atoms with Gasteiger partial charge in [-0.05, 0) is 44.1 Å². The zero-order valence-electron chi connectivity index (χ0n) is 16.2. The minimum absolute atomic E-state index is 0.122. The van der Waals surface area contributed by atoms with Crippen molar-refractivity contribution in [2.24, 2.45) is 0 Å². The number of benzene rings is 2. The van der Waals surface area contributed by atoms with Crippen LogP contribution in [0.25, 0.3) is 0 Å². The summed E-state index contributed by atoms with van der Waals surface area (Å²) < 4.78 is 47.9. The van der Waals surface area contributed by atoms with Crippen molar-refractivity contribution in [2.45, 2.75) is 23.8 Å². The second-order valence-electron chi connectivity index (χ2n) is 6.84. The Labute approximate surface area is 178 Å². The monoisotopic (exact) mass is 457 g/mol. The van der Waals surface area contributed by atoms with Crippen LogP contribution in [0.3, 0.4) is 0 Å². The Balaban J connectivity index is 1.91. The van der Waals surface area contributed by atoms with Gasteiger partial charge in [0.15, 0.2) is 0 Å². The number of non-ortho nitro benzene ring substituents is 1. The number of nitrogens with one attached hydrogen (secondary N) is 1. The van der Waals surface area contributed by atoms with E-state index in [2.05, 4.69) is 4.72 Å². The summed E-state index contributed by atoms with van der Waals surface area (Å²) in [5.74, 6) is -0.662. The fourth-order valence-corrected chi connectivity index (χ4v) is 5.03. The van der Waals surface area contributed by atoms with Gasteiger partial charge >= 0.3 is 0 Å². The Bertz CT molecular complexity index is 1020. The van der Waals surface area contributed by atoms with Crippen LogP contribution >= 0.6 is 11.6 Å². The van der Waals surface area contributed by atoms with Crippen molar-refractivity contribution < 1.29 is 22.5 Å². The van der Waals surface area contributed by atoms with Crippen LogP contribution in [0, 0.1) is 15.9 Å². The summed E-state index contributed by atoms with van der Waals surface area (Å²) in [6, 6.07) is 6.99. The van der Waals surface area contributed by atoms with E-state index >= 15 is 0 Å². The Kier molecular flexibility index (Phi) is 6.91. The first-order chi connectivity index (χ1) is 14.2. The molecular formula is C19H21ClFN3O5S. The minimum atomic E-state index is -4.09. The summed E-state index contributed by atoms with van der Waals surface area (Å²) in [7, 11) is -2.87. The molecule has 1 unspecified atom stereocenters. The summed E-state index contributed by atoms with van der Waals surface area (Å²) in [5, 5.41) is 11.2. The molecule has 2 aromatic carbocycles. The number of sulfonamides is 1. The van der Waals surface area contributed by atoms with E-state index in [9.17, 15) is 22.9 Å². The molecule has 0 aromatic heterocycles. The van der Waals surface area contributed by atoms with Crippen molar-refractivity contribution in [1.82, 2.24) is 9.62 Å². The molecule has 3 rings (SSSR count). The average molecular weight is 458 g/mol. The predicted molar refractivity (Wildman–Crippen MR) is 110 cm³/mol. The molecule has 2 aromatic rings. The fourth-order valence-electron chi connectivity index (χ4n) is 3.55. The van der Waals surface area contributed by atoms with Crippen LogP contribution in [-0.2, 0) is 10.0 Å². The number of hydrogen-bond acceptors (Lipinski definition) is 6. The molecule has 30 heavy (non-hydrogen) atoms. The van der Waals surface area contributed by atoms with Gasteiger partial charge in [-0.3, -0.25) is 15.0 Å². The lowest BCUT2D eigenvalue weighted by atomic mass is 10.0. The van der Waals surface area contributed by atoms with Crippen LogP contribution in [0.4, 0.5) is 10.1 Å². The number of halogens is 2. The molecule has 0 spiro atoms. The van der Waals surface area contributed by atoms with Gasteiger partial charge in [-0.2, -0.15) is 0 Å². The molecule has 0 saturated carbocycles. The highest BCUT2D eigenvalue weighted by atomic mass is 35.5. The van der Waals surface area contributed by atoms with Crippen molar-refractivity contribution >= 4 is 27.3 Å². The molecule has 1 heterocycles. The Morgan fingerprint density at radius 2 is 2.00 bits per heavy atom. The summed E-state index contributed by atoms with van der Waals surface area (Å²) in [6.45, 7) is 1.26. The van der Waals surface area contributed by atoms with Crippen LogP contribution in [0.1, 0.15) is 24.4 Å². The maximum absolute atomic E-state index is 14.6. The quantitative estimate of drug-likeness (QED) is 0.480. The van der Waals surface area contributed by atoms with E-state index in [1.165, 1.54) is 19.2 Å². The predicted octanol–water partition coefficient (Wildman–Crippen LogP) is 3.51. The Morgan fingerprint density at radius 1 is 1.30 bits per heavy atom. The molecule has 0 amide bonds. The van der Waals surface area contributed by atoms with E-state index in [1.54, 1.807) is 6.07 Å². The number of methoxy groups -OCH3 is 1. The molecule has 1 saturated heterocycles. The Morgan fingerprint density at radius 3 is 2.60 bits per heavy atom. The van der Waals surface area contributed by atoms with Gasteiger partial charge in [0.2, 0.25) is 10.0 Å². The van der Waals surface area contributed by atoms with Gasteiger partial charge in [0.25, 0.3) is 5.69 Å². The molecule has 162 valence electrons. The largest absolute Gasteiger partial charge is 0.495 e. The van der Waals surface area contributed by atoms with Gasteiger partial charge in [0.05, 0.1) is 24.1 Å². The molecule has 8 nitrogen and oxygen atoms in total. The summed E-state index contributed by atoms with van der Waals surface area (Å²) in [5.41, 5.74) is -0.0571. The van der Waals surface area contributed by atoms with Crippen LogP contribution in [0.5, 0.6) is 5.75 Å². The smallest absolute Gasteiger partial charge is 0.273 e. The Hall–Kier alpha value is -2.27. The van der Waals surface area contributed by atoms with Gasteiger partial charge in [0.1, 0.15) is 16.5 Å². The second-order valence-corrected chi connectivity index (χ2v) is 8.98. The van der Waals surface area contributed by atoms with Crippen molar-refractivity contribution in [3.05, 3.63) is 62.9 Å². The normalized spacial score (nSPS) is 15.8.